The Hall–Kier alpha value is -5.43. The van der Waals surface area contributed by atoms with E-state index in [4.69, 9.17) is 9.47 Å². The predicted octanol–water partition coefficient (Wildman–Crippen LogP) is 5.61. The minimum atomic E-state index is -5.06. The molecule has 0 fully saturated rings. The first-order chi connectivity index (χ1) is 22.8. The van der Waals surface area contributed by atoms with Crippen LogP contribution >= 0.6 is 11.3 Å². The number of carboxylic acids is 1. The number of hydrogen-bond acceptors (Lipinski definition) is 7. The van der Waals surface area contributed by atoms with Gasteiger partial charge in [-0.3, -0.25) is 9.36 Å². The van der Waals surface area contributed by atoms with Gasteiger partial charge >= 0.3 is 18.1 Å². The predicted molar refractivity (Wildman–Crippen MR) is 173 cm³/mol. The largest absolute Gasteiger partial charge is 0.496 e. The van der Waals surface area contributed by atoms with E-state index in [9.17, 15) is 32.7 Å². The molecule has 0 unspecified atom stereocenters. The first-order valence-corrected chi connectivity index (χ1v) is 15.6. The topological polar surface area (TPSA) is 112 Å². The molecule has 6 rings (SSSR count). The van der Waals surface area contributed by atoms with E-state index in [0.717, 1.165) is 21.6 Å². The number of nitrogens with zero attached hydrogens (tertiary/aromatic N) is 3. The number of hydrogen-bond donors (Lipinski definition) is 1. The van der Waals surface area contributed by atoms with Gasteiger partial charge in [0.2, 0.25) is 0 Å². The maximum Gasteiger partial charge on any atom is 0.434 e. The average Bonchev–Trinajstić information content (AvgIpc) is 3.52. The highest BCUT2D eigenvalue weighted by atomic mass is 32.1. The third kappa shape index (κ3) is 5.49. The smallest absolute Gasteiger partial charge is 0.434 e. The molecule has 1 N–H and O–H groups in total. The first kappa shape index (κ1) is 32.5. The lowest BCUT2D eigenvalue weighted by Crippen LogP contribution is -2.41. The second-order valence-corrected chi connectivity index (χ2v) is 12.0. The van der Waals surface area contributed by atoms with Crippen molar-refractivity contribution in [3.63, 3.8) is 0 Å². The number of fused-ring (bicyclic) bond motifs is 2. The Morgan fingerprint density at radius 3 is 2.42 bits per heavy atom. The number of allylic oxidation sites excluding steroid dienone is 1. The van der Waals surface area contributed by atoms with Crippen LogP contribution in [0, 0.1) is 13.8 Å². The summed E-state index contributed by atoms with van der Waals surface area (Å²) >= 11 is 0.772. The summed E-state index contributed by atoms with van der Waals surface area (Å²) in [6, 6.07) is 16.8. The van der Waals surface area contributed by atoms with Crippen LogP contribution < -0.4 is 19.6 Å². The number of thiazole rings is 1. The molecule has 0 radical (unpaired) electrons. The number of methoxy groups -OCH3 is 1. The van der Waals surface area contributed by atoms with Crippen molar-refractivity contribution in [2.24, 2.45) is 4.99 Å². The summed E-state index contributed by atoms with van der Waals surface area (Å²) in [6.07, 6.45) is -3.48. The second-order valence-electron chi connectivity index (χ2n) is 11.0. The van der Waals surface area contributed by atoms with Crippen molar-refractivity contribution in [1.29, 1.82) is 0 Å². The van der Waals surface area contributed by atoms with Crippen molar-refractivity contribution in [2.45, 2.75) is 33.0 Å². The lowest BCUT2D eigenvalue weighted by molar-refractivity contribution is -0.140. The molecule has 1 atom stereocenters. The van der Waals surface area contributed by atoms with Gasteiger partial charge in [0, 0.05) is 22.6 Å². The Bertz CT molecular complexity index is 2330. The van der Waals surface area contributed by atoms with Crippen LogP contribution in [0.25, 0.3) is 22.5 Å². The molecule has 3 aromatic carbocycles. The molecule has 0 amide bonds. The van der Waals surface area contributed by atoms with Crippen LogP contribution in [-0.2, 0) is 9.53 Å². The van der Waals surface area contributed by atoms with Gasteiger partial charge in [-0.05, 0) is 79.6 Å². The number of alkyl halides is 3. The molecule has 9 nitrogen and oxygen atoms in total. The Balaban J connectivity index is 1.63. The molecule has 3 heterocycles. The van der Waals surface area contributed by atoms with E-state index in [1.165, 1.54) is 26.2 Å². The molecular formula is C35H28F3N3O6S. The fourth-order valence-electron chi connectivity index (χ4n) is 6.07. The van der Waals surface area contributed by atoms with Crippen molar-refractivity contribution in [2.75, 3.05) is 13.7 Å². The van der Waals surface area contributed by atoms with E-state index in [1.54, 1.807) is 54.6 Å². The van der Waals surface area contributed by atoms with Crippen molar-refractivity contribution in [3.05, 3.63) is 126 Å². The van der Waals surface area contributed by atoms with E-state index in [0.29, 0.717) is 27.7 Å². The summed E-state index contributed by atoms with van der Waals surface area (Å²) < 4.78 is 58.1. The Morgan fingerprint density at radius 1 is 1.06 bits per heavy atom. The third-order valence-corrected chi connectivity index (χ3v) is 9.13. The van der Waals surface area contributed by atoms with Gasteiger partial charge in [0.15, 0.2) is 10.5 Å². The van der Waals surface area contributed by atoms with Crippen LogP contribution in [0.3, 0.4) is 0 Å². The quantitative estimate of drug-likeness (QED) is 0.225. The van der Waals surface area contributed by atoms with Gasteiger partial charge in [-0.2, -0.15) is 13.2 Å². The lowest BCUT2D eigenvalue weighted by Gasteiger charge is -2.28. The number of aromatic nitrogens is 2. The van der Waals surface area contributed by atoms with Gasteiger partial charge in [-0.15, -0.1) is 0 Å². The van der Waals surface area contributed by atoms with Crippen LogP contribution in [0.5, 0.6) is 5.75 Å². The van der Waals surface area contributed by atoms with E-state index >= 15 is 0 Å². The highest BCUT2D eigenvalue weighted by molar-refractivity contribution is 7.07. The summed E-state index contributed by atoms with van der Waals surface area (Å²) in [7, 11) is 1.36. The zero-order chi connectivity index (χ0) is 34.5. The molecule has 2 aromatic heterocycles. The number of esters is 1. The standard InChI is InChI=1S/C35H28F3N3O6S/c1-5-47-33(45)28-29(27-24-9-7-6-8-20(24)12-15-25(27)46-4)41-31(42)26(48-34(41)39-30(28)35(36,37)38)17-22-16-18(2)40(19(22)3)23-13-10-21(11-14-23)32(43)44/h6-17,29H,5H2,1-4H3,(H,43,44)/b26-17-/t29-/m0/s1. The number of ether oxygens (including phenoxy) is 2. The van der Waals surface area contributed by atoms with Gasteiger partial charge in [0.1, 0.15) is 11.8 Å². The fourth-order valence-corrected chi connectivity index (χ4v) is 7.07. The third-order valence-electron chi connectivity index (χ3n) is 8.15. The van der Waals surface area contributed by atoms with Crippen molar-refractivity contribution >= 4 is 40.1 Å². The normalized spacial score (nSPS) is 15.0. The molecule has 48 heavy (non-hydrogen) atoms. The number of aryl methyl sites for hydroxylation is 1. The zero-order valence-electron chi connectivity index (χ0n) is 26.1. The minimum absolute atomic E-state index is 0.0889. The summed E-state index contributed by atoms with van der Waals surface area (Å²) in [6.45, 7) is 4.92. The molecule has 13 heteroatoms. The van der Waals surface area contributed by atoms with Gasteiger partial charge in [-0.25, -0.2) is 14.6 Å². The molecule has 1 aliphatic rings. The molecular weight excluding hydrogens is 647 g/mol. The number of carbonyl (C=O) groups excluding carboxylic acids is 1. The number of carboxylic acid groups (broad SMARTS) is 1. The maximum absolute atomic E-state index is 14.7. The molecule has 0 saturated carbocycles. The number of carbonyl (C=O) groups is 2. The van der Waals surface area contributed by atoms with E-state index in [1.807, 2.05) is 24.5 Å². The van der Waals surface area contributed by atoms with Gasteiger partial charge in [0.25, 0.3) is 5.56 Å². The average molecular weight is 676 g/mol. The van der Waals surface area contributed by atoms with Crippen LogP contribution in [-0.4, -0.2) is 46.1 Å². The number of aromatic carboxylic acids is 1. The van der Waals surface area contributed by atoms with Crippen molar-refractivity contribution < 1.29 is 37.3 Å². The van der Waals surface area contributed by atoms with Crippen molar-refractivity contribution in [3.8, 4) is 11.4 Å². The van der Waals surface area contributed by atoms with Crippen molar-refractivity contribution in [1.82, 2.24) is 9.13 Å². The number of rotatable bonds is 7. The van der Waals surface area contributed by atoms with E-state index in [2.05, 4.69) is 4.99 Å². The lowest BCUT2D eigenvalue weighted by atomic mass is 9.90. The molecule has 5 aromatic rings. The molecule has 0 bridgehead atoms. The molecule has 1 aliphatic heterocycles. The first-order valence-electron chi connectivity index (χ1n) is 14.7. The summed E-state index contributed by atoms with van der Waals surface area (Å²) in [5.41, 5.74) is 0.170. The van der Waals surface area contributed by atoms with Crippen LogP contribution in [0.2, 0.25) is 0 Å². The Morgan fingerprint density at radius 2 is 1.77 bits per heavy atom. The molecule has 0 saturated heterocycles. The Labute approximate surface area is 275 Å². The van der Waals surface area contributed by atoms with Crippen LogP contribution in [0.15, 0.2) is 87.8 Å². The van der Waals surface area contributed by atoms with Gasteiger partial charge < -0.3 is 19.1 Å². The van der Waals surface area contributed by atoms with E-state index < -0.39 is 41.0 Å². The minimum Gasteiger partial charge on any atom is -0.496 e. The monoisotopic (exact) mass is 675 g/mol. The summed E-state index contributed by atoms with van der Waals surface area (Å²) in [4.78, 5) is 42.7. The SMILES string of the molecule is CCOC(=O)C1=C(C(F)(F)F)N=c2s/c(=C\c3cc(C)n(-c4ccc(C(=O)O)cc4)c3C)c(=O)n2[C@H]1c1c(OC)ccc2ccccc12. The van der Waals surface area contributed by atoms with Gasteiger partial charge in [-0.1, -0.05) is 41.7 Å². The zero-order valence-corrected chi connectivity index (χ0v) is 26.9. The van der Waals surface area contributed by atoms with Gasteiger partial charge in [0.05, 0.1) is 29.4 Å². The summed E-state index contributed by atoms with van der Waals surface area (Å²) in [5, 5.41) is 10.4. The molecule has 246 valence electrons. The maximum atomic E-state index is 14.7. The van der Waals surface area contributed by atoms with Crippen LogP contribution in [0.1, 0.15) is 45.8 Å². The Kier molecular flexibility index (Phi) is 8.33. The highest BCUT2D eigenvalue weighted by Crippen LogP contribution is 2.43. The number of benzene rings is 3. The summed E-state index contributed by atoms with van der Waals surface area (Å²) in [5.74, 6) is -2.13. The number of halogens is 3. The molecule has 0 aliphatic carbocycles. The highest BCUT2D eigenvalue weighted by Gasteiger charge is 2.46. The molecule has 0 spiro atoms. The fraction of sp³-hybridized carbons (Fsp3) is 0.200. The second kappa shape index (κ2) is 12.3. The van der Waals surface area contributed by atoms with E-state index in [-0.39, 0.29) is 32.8 Å². The van der Waals surface area contributed by atoms with Crippen LogP contribution in [0.4, 0.5) is 13.2 Å².